The molecule has 3 N–H and O–H groups in total. The zero-order chi connectivity index (χ0) is 15.1. The molecule has 0 saturated carbocycles. The lowest BCUT2D eigenvalue weighted by Gasteiger charge is -2.15. The van der Waals surface area contributed by atoms with Gasteiger partial charge in [0.05, 0.1) is 7.11 Å². The number of ether oxygens (including phenoxy) is 1. The van der Waals surface area contributed by atoms with Gasteiger partial charge in [-0.1, -0.05) is 0 Å². The zero-order valence-corrected chi connectivity index (χ0v) is 9.91. The van der Waals surface area contributed by atoms with Crippen LogP contribution < -0.4 is 10.6 Å². The average molecular weight is 286 g/mol. The summed E-state index contributed by atoms with van der Waals surface area (Å²) in [6, 6.07) is -2.76. The van der Waals surface area contributed by atoms with Crippen molar-refractivity contribution < 1.29 is 37.4 Å². The maximum Gasteiger partial charge on any atom is 0.405 e. The van der Waals surface area contributed by atoms with Crippen LogP contribution in [0.2, 0.25) is 0 Å². The van der Waals surface area contributed by atoms with E-state index in [2.05, 4.69) is 4.74 Å². The van der Waals surface area contributed by atoms with Gasteiger partial charge < -0.3 is 20.5 Å². The van der Waals surface area contributed by atoms with Gasteiger partial charge in [0.25, 0.3) is 0 Å². The van der Waals surface area contributed by atoms with E-state index in [1.807, 2.05) is 5.32 Å². The van der Waals surface area contributed by atoms with E-state index in [9.17, 15) is 27.6 Å². The number of carboxylic acid groups (broad SMARTS) is 1. The Balaban J connectivity index is 4.23. The molecule has 19 heavy (non-hydrogen) atoms. The van der Waals surface area contributed by atoms with E-state index in [1.54, 1.807) is 0 Å². The number of carboxylic acids is 1. The molecule has 0 rings (SSSR count). The Labute approximate surface area is 106 Å². The normalized spacial score (nSPS) is 12.4. The average Bonchev–Trinajstić information content (AvgIpc) is 2.30. The first-order valence-electron chi connectivity index (χ1n) is 5.06. The smallest absolute Gasteiger partial charge is 0.405 e. The van der Waals surface area contributed by atoms with Crippen LogP contribution >= 0.6 is 0 Å². The van der Waals surface area contributed by atoms with Gasteiger partial charge in [-0.2, -0.15) is 13.2 Å². The van der Waals surface area contributed by atoms with Crippen molar-refractivity contribution in [2.75, 3.05) is 13.7 Å². The predicted octanol–water partition coefficient (Wildman–Crippen LogP) is 0.254. The Morgan fingerprint density at radius 1 is 1.32 bits per heavy atom. The van der Waals surface area contributed by atoms with E-state index in [4.69, 9.17) is 5.11 Å². The van der Waals surface area contributed by atoms with Gasteiger partial charge in [-0.05, 0) is 6.42 Å². The minimum absolute atomic E-state index is 0.285. The third kappa shape index (κ3) is 8.69. The highest BCUT2D eigenvalue weighted by Crippen LogP contribution is 2.12. The lowest BCUT2D eigenvalue weighted by Crippen LogP contribution is -2.48. The lowest BCUT2D eigenvalue weighted by molar-refractivity contribution is -0.142. The maximum atomic E-state index is 11.8. The molecule has 110 valence electrons. The summed E-state index contributed by atoms with van der Waals surface area (Å²) in [7, 11) is 1.10. The molecule has 7 nitrogen and oxygen atoms in total. The fourth-order valence-electron chi connectivity index (χ4n) is 1.01. The van der Waals surface area contributed by atoms with Crippen LogP contribution in [0.25, 0.3) is 0 Å². The minimum atomic E-state index is -4.60. The second-order valence-corrected chi connectivity index (χ2v) is 3.45. The van der Waals surface area contributed by atoms with Crippen molar-refractivity contribution in [3.63, 3.8) is 0 Å². The highest BCUT2D eigenvalue weighted by atomic mass is 19.4. The molecular weight excluding hydrogens is 273 g/mol. The molecule has 0 radical (unpaired) electrons. The van der Waals surface area contributed by atoms with Gasteiger partial charge in [0.1, 0.15) is 12.6 Å². The summed E-state index contributed by atoms with van der Waals surface area (Å²) >= 11 is 0. The molecule has 0 aliphatic carbocycles. The number of methoxy groups -OCH3 is 1. The van der Waals surface area contributed by atoms with Crippen molar-refractivity contribution in [2.45, 2.75) is 25.1 Å². The molecule has 0 spiro atoms. The van der Waals surface area contributed by atoms with Crippen LogP contribution in [0, 0.1) is 0 Å². The van der Waals surface area contributed by atoms with Crippen molar-refractivity contribution in [3.05, 3.63) is 0 Å². The van der Waals surface area contributed by atoms with Crippen molar-refractivity contribution in [3.8, 4) is 0 Å². The van der Waals surface area contributed by atoms with E-state index < -0.39 is 36.7 Å². The molecule has 2 amide bonds. The van der Waals surface area contributed by atoms with Gasteiger partial charge in [0.15, 0.2) is 0 Å². The number of esters is 1. The highest BCUT2D eigenvalue weighted by Gasteiger charge is 2.29. The summed E-state index contributed by atoms with van der Waals surface area (Å²) in [5.41, 5.74) is 0. The molecule has 1 unspecified atom stereocenters. The Kier molecular flexibility index (Phi) is 6.66. The number of amides is 2. The summed E-state index contributed by atoms with van der Waals surface area (Å²) in [6.45, 7) is -1.58. The van der Waals surface area contributed by atoms with Gasteiger partial charge in [-0.25, -0.2) is 9.59 Å². The van der Waals surface area contributed by atoms with Crippen LogP contribution in [0.5, 0.6) is 0 Å². The maximum absolute atomic E-state index is 11.8. The van der Waals surface area contributed by atoms with Crippen molar-refractivity contribution in [1.82, 2.24) is 10.6 Å². The van der Waals surface area contributed by atoms with E-state index >= 15 is 0 Å². The molecule has 0 saturated heterocycles. The molecule has 0 aromatic heterocycles. The number of carbonyl (C=O) groups is 3. The molecule has 0 aliphatic heterocycles. The van der Waals surface area contributed by atoms with Crippen LogP contribution in [-0.4, -0.2) is 48.9 Å². The first kappa shape index (κ1) is 17.0. The summed E-state index contributed by atoms with van der Waals surface area (Å²) in [5, 5.41) is 12.0. The third-order valence-corrected chi connectivity index (χ3v) is 1.92. The molecule has 0 aromatic carbocycles. The monoisotopic (exact) mass is 286 g/mol. The molecule has 0 fully saturated rings. The number of alkyl halides is 3. The number of rotatable bonds is 6. The van der Waals surface area contributed by atoms with Gasteiger partial charge in [-0.15, -0.1) is 0 Å². The van der Waals surface area contributed by atoms with E-state index in [-0.39, 0.29) is 12.8 Å². The van der Waals surface area contributed by atoms with Crippen LogP contribution in [-0.2, 0) is 14.3 Å². The SMILES string of the molecule is COC(=O)CCC(NC(=O)NCC(F)(F)F)C(=O)O. The molecule has 0 aromatic rings. The molecule has 0 aliphatic rings. The predicted molar refractivity (Wildman–Crippen MR) is 55.3 cm³/mol. The number of urea groups is 1. The quantitative estimate of drug-likeness (QED) is 0.607. The third-order valence-electron chi connectivity index (χ3n) is 1.92. The van der Waals surface area contributed by atoms with E-state index in [0.29, 0.717) is 0 Å². The molecular formula is C9H13F3N2O5. The summed E-state index contributed by atoms with van der Waals surface area (Å²) < 4.78 is 39.6. The van der Waals surface area contributed by atoms with Crippen molar-refractivity contribution in [2.24, 2.45) is 0 Å². The number of carbonyl (C=O) groups excluding carboxylic acids is 2. The Hall–Kier alpha value is -2.00. The molecule has 0 heterocycles. The first-order chi connectivity index (χ1) is 8.65. The van der Waals surface area contributed by atoms with E-state index in [0.717, 1.165) is 7.11 Å². The fourth-order valence-corrected chi connectivity index (χ4v) is 1.01. The lowest BCUT2D eigenvalue weighted by atomic mass is 10.1. The molecule has 0 bridgehead atoms. The second-order valence-electron chi connectivity index (χ2n) is 3.45. The number of aliphatic carboxylic acids is 1. The number of halogens is 3. The minimum Gasteiger partial charge on any atom is -0.480 e. The van der Waals surface area contributed by atoms with Gasteiger partial charge in [0.2, 0.25) is 0 Å². The second kappa shape index (κ2) is 7.44. The van der Waals surface area contributed by atoms with Crippen LogP contribution in [0.4, 0.5) is 18.0 Å². The summed E-state index contributed by atoms with van der Waals surface area (Å²) in [5.74, 6) is -2.16. The Morgan fingerprint density at radius 3 is 2.32 bits per heavy atom. The topological polar surface area (TPSA) is 105 Å². The Morgan fingerprint density at radius 2 is 1.89 bits per heavy atom. The number of hydrogen-bond donors (Lipinski definition) is 3. The first-order valence-corrected chi connectivity index (χ1v) is 5.06. The van der Waals surface area contributed by atoms with Crippen molar-refractivity contribution in [1.29, 1.82) is 0 Å². The van der Waals surface area contributed by atoms with E-state index in [1.165, 1.54) is 5.32 Å². The fraction of sp³-hybridized carbons (Fsp3) is 0.667. The number of hydrogen-bond acceptors (Lipinski definition) is 4. The van der Waals surface area contributed by atoms with Crippen LogP contribution in [0.3, 0.4) is 0 Å². The zero-order valence-electron chi connectivity index (χ0n) is 9.91. The number of nitrogens with one attached hydrogen (secondary N) is 2. The van der Waals surface area contributed by atoms with Gasteiger partial charge >= 0.3 is 24.1 Å². The summed E-state index contributed by atoms with van der Waals surface area (Å²) in [4.78, 5) is 32.5. The standard InChI is InChI=1S/C9H13F3N2O5/c1-19-6(15)3-2-5(7(16)17)14-8(18)13-4-9(10,11)12/h5H,2-4H2,1H3,(H,16,17)(H2,13,14,18). The largest absolute Gasteiger partial charge is 0.480 e. The van der Waals surface area contributed by atoms with Crippen LogP contribution in [0.1, 0.15) is 12.8 Å². The molecule has 1 atom stereocenters. The van der Waals surface area contributed by atoms with Gasteiger partial charge in [-0.3, -0.25) is 4.79 Å². The highest BCUT2D eigenvalue weighted by molar-refractivity contribution is 5.83. The molecule has 10 heteroatoms. The van der Waals surface area contributed by atoms with Crippen molar-refractivity contribution >= 4 is 18.0 Å². The summed E-state index contributed by atoms with van der Waals surface area (Å²) in [6.07, 6.45) is -5.17. The van der Waals surface area contributed by atoms with Crippen LogP contribution in [0.15, 0.2) is 0 Å². The van der Waals surface area contributed by atoms with Gasteiger partial charge in [0, 0.05) is 6.42 Å². The Bertz CT molecular complexity index is 345.